The van der Waals surface area contributed by atoms with Gasteiger partial charge in [0, 0.05) is 17.8 Å². The van der Waals surface area contributed by atoms with E-state index in [0.717, 1.165) is 40.1 Å². The molecule has 0 saturated carbocycles. The van der Waals surface area contributed by atoms with Gasteiger partial charge in [-0.3, -0.25) is 4.79 Å². The molecule has 1 amide bonds. The lowest BCUT2D eigenvalue weighted by Gasteiger charge is -2.10. The van der Waals surface area contributed by atoms with Crippen molar-refractivity contribution in [2.75, 3.05) is 17.7 Å². The molecule has 1 aromatic heterocycles. The first-order valence-corrected chi connectivity index (χ1v) is 11.1. The van der Waals surface area contributed by atoms with Gasteiger partial charge in [0.1, 0.15) is 5.75 Å². The molecule has 30 heavy (non-hydrogen) atoms. The predicted octanol–water partition coefficient (Wildman–Crippen LogP) is 5.04. The Morgan fingerprint density at radius 3 is 2.53 bits per heavy atom. The van der Waals surface area contributed by atoms with Crippen molar-refractivity contribution in [3.05, 3.63) is 54.1 Å². The van der Waals surface area contributed by atoms with E-state index in [-0.39, 0.29) is 11.7 Å². The fraction of sp³-hybridized carbons (Fsp3) is 0.348. The summed E-state index contributed by atoms with van der Waals surface area (Å²) < 4.78 is 7.77. The largest absolute Gasteiger partial charge is 0.493 e. The third-order valence-corrected chi connectivity index (χ3v) is 5.45. The van der Waals surface area contributed by atoms with E-state index < -0.39 is 0 Å². The van der Waals surface area contributed by atoms with Gasteiger partial charge in [0.05, 0.1) is 12.4 Å². The standard InChI is InChI=1S/C23H28N4O2S/c1-5-27-22(18-10-12-19(13-11-18)29-14-16(2)3)25-26-23(27)30-15-21(28)24-20-9-7-6-8-17(20)4/h6-13,16H,5,14-15H2,1-4H3,(H,24,28). The summed E-state index contributed by atoms with van der Waals surface area (Å²) in [6, 6.07) is 15.6. The van der Waals surface area contributed by atoms with Crippen molar-refractivity contribution in [3.8, 4) is 17.1 Å². The SMILES string of the molecule is CCn1c(SCC(=O)Nc2ccccc2C)nnc1-c1ccc(OCC(C)C)cc1. The quantitative estimate of drug-likeness (QED) is 0.488. The molecular weight excluding hydrogens is 396 g/mol. The lowest BCUT2D eigenvalue weighted by Crippen LogP contribution is -2.15. The molecular formula is C23H28N4O2S. The maximum atomic E-state index is 12.4. The van der Waals surface area contributed by atoms with Gasteiger partial charge in [-0.15, -0.1) is 10.2 Å². The van der Waals surface area contributed by atoms with Crippen molar-refractivity contribution in [1.29, 1.82) is 0 Å². The Kier molecular flexibility index (Phi) is 7.52. The molecule has 0 saturated heterocycles. The number of nitrogens with one attached hydrogen (secondary N) is 1. The smallest absolute Gasteiger partial charge is 0.234 e. The molecule has 3 rings (SSSR count). The van der Waals surface area contributed by atoms with Gasteiger partial charge in [0.15, 0.2) is 11.0 Å². The molecule has 0 aliphatic heterocycles. The highest BCUT2D eigenvalue weighted by Crippen LogP contribution is 2.26. The van der Waals surface area contributed by atoms with Gasteiger partial charge in [-0.05, 0) is 55.7 Å². The van der Waals surface area contributed by atoms with Crippen LogP contribution in [0, 0.1) is 12.8 Å². The second-order valence-electron chi connectivity index (χ2n) is 7.43. The molecule has 1 N–H and O–H groups in total. The summed E-state index contributed by atoms with van der Waals surface area (Å²) in [7, 11) is 0. The van der Waals surface area contributed by atoms with Crippen LogP contribution in [0.4, 0.5) is 5.69 Å². The Balaban J connectivity index is 1.65. The molecule has 0 unspecified atom stereocenters. The Morgan fingerprint density at radius 1 is 1.13 bits per heavy atom. The van der Waals surface area contributed by atoms with E-state index in [4.69, 9.17) is 4.74 Å². The summed E-state index contributed by atoms with van der Waals surface area (Å²) in [5.41, 5.74) is 2.84. The van der Waals surface area contributed by atoms with Crippen LogP contribution in [0.2, 0.25) is 0 Å². The second-order valence-corrected chi connectivity index (χ2v) is 8.37. The van der Waals surface area contributed by atoms with Gasteiger partial charge in [-0.25, -0.2) is 0 Å². The number of hydrogen-bond acceptors (Lipinski definition) is 5. The maximum Gasteiger partial charge on any atom is 0.234 e. The van der Waals surface area contributed by atoms with Crippen molar-refractivity contribution in [2.24, 2.45) is 5.92 Å². The Bertz CT molecular complexity index is 983. The molecule has 0 radical (unpaired) electrons. The number of rotatable bonds is 9. The maximum absolute atomic E-state index is 12.4. The average molecular weight is 425 g/mol. The van der Waals surface area contributed by atoms with E-state index in [1.165, 1.54) is 11.8 Å². The van der Waals surface area contributed by atoms with E-state index in [0.29, 0.717) is 12.5 Å². The summed E-state index contributed by atoms with van der Waals surface area (Å²) in [5, 5.41) is 12.3. The number of benzene rings is 2. The predicted molar refractivity (Wildman–Crippen MR) is 122 cm³/mol. The van der Waals surface area contributed by atoms with Crippen LogP contribution < -0.4 is 10.1 Å². The summed E-state index contributed by atoms with van der Waals surface area (Å²) >= 11 is 1.39. The van der Waals surface area contributed by atoms with E-state index in [1.54, 1.807) is 0 Å². The second kappa shape index (κ2) is 10.3. The normalized spacial score (nSPS) is 11.0. The first-order chi connectivity index (χ1) is 14.5. The van der Waals surface area contributed by atoms with Crippen LogP contribution >= 0.6 is 11.8 Å². The van der Waals surface area contributed by atoms with Gasteiger partial charge in [0.25, 0.3) is 0 Å². The molecule has 2 aromatic carbocycles. The summed E-state index contributed by atoms with van der Waals surface area (Å²) in [6.45, 7) is 9.68. The number of nitrogens with zero attached hydrogens (tertiary/aromatic N) is 3. The topological polar surface area (TPSA) is 69.0 Å². The van der Waals surface area contributed by atoms with Gasteiger partial charge in [-0.1, -0.05) is 43.8 Å². The molecule has 0 atom stereocenters. The molecule has 3 aromatic rings. The number of ether oxygens (including phenoxy) is 1. The van der Waals surface area contributed by atoms with Crippen LogP contribution in [-0.4, -0.2) is 33.0 Å². The van der Waals surface area contributed by atoms with Crippen molar-refractivity contribution in [1.82, 2.24) is 14.8 Å². The van der Waals surface area contributed by atoms with Gasteiger partial charge >= 0.3 is 0 Å². The molecule has 158 valence electrons. The number of para-hydroxylation sites is 1. The summed E-state index contributed by atoms with van der Waals surface area (Å²) in [6.07, 6.45) is 0. The fourth-order valence-corrected chi connectivity index (χ4v) is 3.69. The molecule has 0 bridgehead atoms. The van der Waals surface area contributed by atoms with Crippen molar-refractivity contribution >= 4 is 23.4 Å². The van der Waals surface area contributed by atoms with Gasteiger partial charge in [0.2, 0.25) is 5.91 Å². The van der Waals surface area contributed by atoms with E-state index in [1.807, 2.05) is 66.9 Å². The minimum atomic E-state index is -0.0619. The zero-order valence-corrected chi connectivity index (χ0v) is 18.7. The van der Waals surface area contributed by atoms with Crippen molar-refractivity contribution in [2.45, 2.75) is 39.4 Å². The van der Waals surface area contributed by atoms with Crippen molar-refractivity contribution in [3.63, 3.8) is 0 Å². The number of carbonyl (C=O) groups is 1. The Morgan fingerprint density at radius 2 is 1.87 bits per heavy atom. The van der Waals surface area contributed by atoms with Crippen LogP contribution in [0.25, 0.3) is 11.4 Å². The van der Waals surface area contributed by atoms with Crippen LogP contribution in [0.3, 0.4) is 0 Å². The number of amides is 1. The molecule has 7 heteroatoms. The lowest BCUT2D eigenvalue weighted by molar-refractivity contribution is -0.113. The van der Waals surface area contributed by atoms with E-state index >= 15 is 0 Å². The minimum Gasteiger partial charge on any atom is -0.493 e. The third kappa shape index (κ3) is 5.63. The van der Waals surface area contributed by atoms with E-state index in [2.05, 4.69) is 29.4 Å². The fourth-order valence-electron chi connectivity index (χ4n) is 2.89. The third-order valence-electron chi connectivity index (χ3n) is 4.48. The average Bonchev–Trinajstić information content (AvgIpc) is 3.15. The number of carbonyl (C=O) groups excluding carboxylic acids is 1. The van der Waals surface area contributed by atoms with Crippen LogP contribution in [0.1, 0.15) is 26.3 Å². The highest BCUT2D eigenvalue weighted by Gasteiger charge is 2.15. The first kappa shape index (κ1) is 21.9. The summed E-state index contributed by atoms with van der Waals surface area (Å²) in [5.74, 6) is 2.32. The summed E-state index contributed by atoms with van der Waals surface area (Å²) in [4.78, 5) is 12.4. The number of anilines is 1. The van der Waals surface area contributed by atoms with Gasteiger partial charge < -0.3 is 14.6 Å². The molecule has 1 heterocycles. The van der Waals surface area contributed by atoms with E-state index in [9.17, 15) is 4.79 Å². The lowest BCUT2D eigenvalue weighted by atomic mass is 10.2. The Labute approximate surface area is 182 Å². The Hall–Kier alpha value is -2.80. The zero-order valence-electron chi connectivity index (χ0n) is 17.9. The minimum absolute atomic E-state index is 0.0619. The highest BCUT2D eigenvalue weighted by atomic mass is 32.2. The van der Waals surface area contributed by atoms with Crippen LogP contribution in [0.5, 0.6) is 5.75 Å². The monoisotopic (exact) mass is 424 g/mol. The highest BCUT2D eigenvalue weighted by molar-refractivity contribution is 7.99. The molecule has 0 aliphatic rings. The van der Waals surface area contributed by atoms with Crippen LogP contribution in [0.15, 0.2) is 53.7 Å². The molecule has 0 aliphatic carbocycles. The molecule has 0 fully saturated rings. The van der Waals surface area contributed by atoms with Crippen LogP contribution in [-0.2, 0) is 11.3 Å². The number of thioether (sulfide) groups is 1. The number of aromatic nitrogens is 3. The molecule has 6 nitrogen and oxygen atoms in total. The zero-order chi connectivity index (χ0) is 21.5. The van der Waals surface area contributed by atoms with Crippen molar-refractivity contribution < 1.29 is 9.53 Å². The van der Waals surface area contributed by atoms with Gasteiger partial charge in [-0.2, -0.15) is 0 Å². The first-order valence-electron chi connectivity index (χ1n) is 10.1. The number of hydrogen-bond donors (Lipinski definition) is 1. The number of aryl methyl sites for hydroxylation is 1. The molecule has 0 spiro atoms.